The first-order chi connectivity index (χ1) is 11.4. The molecule has 0 spiro atoms. The normalized spacial score (nSPS) is 12.5. The summed E-state index contributed by atoms with van der Waals surface area (Å²) in [4.78, 5) is 24.4. The topological polar surface area (TPSA) is 67.9 Å². The molecule has 1 unspecified atom stereocenters. The van der Waals surface area contributed by atoms with Crippen LogP contribution in [-0.2, 0) is 9.47 Å². The van der Waals surface area contributed by atoms with E-state index in [1.54, 1.807) is 48.5 Å². The number of nitrogens with zero attached hydrogens (tertiary/aromatic N) is 1. The van der Waals surface area contributed by atoms with Crippen LogP contribution in [0.3, 0.4) is 0 Å². The Bertz CT molecular complexity index is 492. The van der Waals surface area contributed by atoms with E-state index >= 15 is 0 Å². The number of carbonyl (C=O) groups excluding carboxylic acids is 2. The van der Waals surface area contributed by atoms with Gasteiger partial charge in [-0.05, 0) is 54.9 Å². The summed E-state index contributed by atoms with van der Waals surface area (Å²) in [5.74, 6) is 6.03. The van der Waals surface area contributed by atoms with Crippen LogP contribution in [0.15, 0.2) is 0 Å². The number of nitrogens with one attached hydrogen (secondary N) is 1. The number of amides is 2. The van der Waals surface area contributed by atoms with Crippen molar-refractivity contribution in [2.24, 2.45) is 0 Å². The largest absolute Gasteiger partial charge is 0.443 e. The van der Waals surface area contributed by atoms with Crippen molar-refractivity contribution >= 4 is 12.2 Å². The molecule has 1 atom stereocenters. The van der Waals surface area contributed by atoms with E-state index in [9.17, 15) is 9.59 Å². The van der Waals surface area contributed by atoms with E-state index in [1.807, 2.05) is 0 Å². The Balaban J connectivity index is 5.05. The molecule has 0 fully saturated rings. The van der Waals surface area contributed by atoms with Gasteiger partial charge in [-0.3, -0.25) is 0 Å². The van der Waals surface area contributed by atoms with Crippen molar-refractivity contribution in [2.45, 2.75) is 98.3 Å². The molecule has 0 aromatic rings. The van der Waals surface area contributed by atoms with Crippen LogP contribution in [0.25, 0.3) is 0 Å². The number of carbonyl (C=O) groups is 2. The highest BCUT2D eigenvalue weighted by Crippen LogP contribution is 2.12. The molecule has 0 radical (unpaired) electrons. The molecular formula is C19H34N2O4. The van der Waals surface area contributed by atoms with E-state index in [0.29, 0.717) is 0 Å². The summed E-state index contributed by atoms with van der Waals surface area (Å²) in [6.07, 6.45) is 2.62. The average Bonchev–Trinajstić information content (AvgIpc) is 2.40. The summed E-state index contributed by atoms with van der Waals surface area (Å²) in [5.41, 5.74) is 1.09. The molecule has 0 aliphatic carbocycles. The number of ether oxygens (including phenoxy) is 2. The lowest BCUT2D eigenvalue weighted by atomic mass is 10.2. The zero-order valence-electron chi connectivity index (χ0n) is 17.0. The third kappa shape index (κ3) is 12.2. The van der Waals surface area contributed by atoms with Crippen molar-refractivity contribution in [3.05, 3.63) is 0 Å². The standard InChI is InChI=1S/C19H34N2O4/c1-9-10-11-12-13-14-15(2)21(17(23)25-19(6,7)8)20-16(22)24-18(3,4)5/h15H,9-12H2,1-8H3,(H,20,22). The van der Waals surface area contributed by atoms with E-state index < -0.39 is 29.4 Å². The number of rotatable bonds is 4. The van der Waals surface area contributed by atoms with Gasteiger partial charge in [-0.1, -0.05) is 25.7 Å². The van der Waals surface area contributed by atoms with Gasteiger partial charge in [0.2, 0.25) is 0 Å². The highest BCUT2D eigenvalue weighted by molar-refractivity contribution is 5.75. The second-order valence-corrected chi connectivity index (χ2v) is 7.92. The van der Waals surface area contributed by atoms with Gasteiger partial charge < -0.3 is 9.47 Å². The smallest absolute Gasteiger partial charge is 0.430 e. The lowest BCUT2D eigenvalue weighted by Crippen LogP contribution is -2.53. The molecule has 0 heterocycles. The Hall–Kier alpha value is -1.90. The first-order valence-electron chi connectivity index (χ1n) is 8.86. The highest BCUT2D eigenvalue weighted by atomic mass is 16.6. The maximum atomic E-state index is 12.4. The summed E-state index contributed by atoms with van der Waals surface area (Å²) in [5, 5.41) is 1.08. The van der Waals surface area contributed by atoms with Gasteiger partial charge in [-0.2, -0.15) is 0 Å². The molecule has 6 heteroatoms. The van der Waals surface area contributed by atoms with E-state index in [2.05, 4.69) is 24.2 Å². The third-order valence-electron chi connectivity index (χ3n) is 2.80. The molecule has 144 valence electrons. The van der Waals surface area contributed by atoms with Gasteiger partial charge in [0.1, 0.15) is 17.2 Å². The lowest BCUT2D eigenvalue weighted by molar-refractivity contribution is -0.00260. The van der Waals surface area contributed by atoms with Crippen LogP contribution in [0.2, 0.25) is 0 Å². The molecule has 6 nitrogen and oxygen atoms in total. The van der Waals surface area contributed by atoms with Crippen molar-refractivity contribution in [1.29, 1.82) is 0 Å². The molecule has 2 amide bonds. The molecule has 0 aromatic heterocycles. The van der Waals surface area contributed by atoms with E-state index in [4.69, 9.17) is 9.47 Å². The van der Waals surface area contributed by atoms with Crippen LogP contribution >= 0.6 is 0 Å². The van der Waals surface area contributed by atoms with Gasteiger partial charge in [0, 0.05) is 6.42 Å². The molecule has 0 saturated heterocycles. The van der Waals surface area contributed by atoms with Gasteiger partial charge in [-0.25, -0.2) is 20.0 Å². The summed E-state index contributed by atoms with van der Waals surface area (Å²) in [6.45, 7) is 14.4. The van der Waals surface area contributed by atoms with Crippen molar-refractivity contribution in [3.63, 3.8) is 0 Å². The van der Waals surface area contributed by atoms with Crippen LogP contribution in [0.5, 0.6) is 0 Å². The fourth-order valence-corrected chi connectivity index (χ4v) is 1.76. The molecule has 25 heavy (non-hydrogen) atoms. The van der Waals surface area contributed by atoms with Gasteiger partial charge in [0.15, 0.2) is 0 Å². The number of unbranched alkanes of at least 4 members (excludes halogenated alkanes) is 3. The predicted octanol–water partition coefficient (Wildman–Crippen LogP) is 4.64. The maximum Gasteiger partial charge on any atom is 0.430 e. The number of hydrogen-bond acceptors (Lipinski definition) is 4. The monoisotopic (exact) mass is 354 g/mol. The Morgan fingerprint density at radius 1 is 1.04 bits per heavy atom. The zero-order valence-corrected chi connectivity index (χ0v) is 17.0. The van der Waals surface area contributed by atoms with Gasteiger partial charge >= 0.3 is 12.2 Å². The highest BCUT2D eigenvalue weighted by Gasteiger charge is 2.28. The molecule has 0 bridgehead atoms. The Labute approximate surface area is 152 Å². The van der Waals surface area contributed by atoms with Crippen molar-refractivity contribution < 1.29 is 19.1 Å². The fraction of sp³-hybridized carbons (Fsp3) is 0.789. The van der Waals surface area contributed by atoms with Crippen LogP contribution in [-0.4, -0.2) is 34.4 Å². The minimum Gasteiger partial charge on any atom is -0.443 e. The van der Waals surface area contributed by atoms with Gasteiger partial charge in [-0.15, -0.1) is 5.92 Å². The molecule has 0 aliphatic heterocycles. The molecule has 0 saturated carbocycles. The van der Waals surface area contributed by atoms with Crippen LogP contribution in [0.4, 0.5) is 9.59 Å². The van der Waals surface area contributed by atoms with E-state index in [0.717, 1.165) is 30.7 Å². The molecule has 1 N–H and O–H groups in total. The molecule has 0 aliphatic rings. The molecule has 0 aromatic carbocycles. The van der Waals surface area contributed by atoms with Crippen molar-refractivity contribution in [2.75, 3.05) is 0 Å². The van der Waals surface area contributed by atoms with E-state index in [-0.39, 0.29) is 0 Å². The summed E-state index contributed by atoms with van der Waals surface area (Å²) < 4.78 is 10.6. The Morgan fingerprint density at radius 2 is 1.60 bits per heavy atom. The third-order valence-corrected chi connectivity index (χ3v) is 2.80. The lowest BCUT2D eigenvalue weighted by Gasteiger charge is -2.30. The SMILES string of the molecule is CCCCCC#CC(C)N(NC(=O)OC(C)(C)C)C(=O)OC(C)(C)C. The summed E-state index contributed by atoms with van der Waals surface area (Å²) in [7, 11) is 0. The summed E-state index contributed by atoms with van der Waals surface area (Å²) in [6, 6.07) is -0.538. The molecular weight excluding hydrogens is 320 g/mol. The Kier molecular flexibility index (Phi) is 9.40. The van der Waals surface area contributed by atoms with Gasteiger partial charge in [0.25, 0.3) is 0 Å². The predicted molar refractivity (Wildman–Crippen MR) is 98.8 cm³/mol. The first kappa shape index (κ1) is 23.1. The quantitative estimate of drug-likeness (QED) is 0.454. The first-order valence-corrected chi connectivity index (χ1v) is 8.86. The van der Waals surface area contributed by atoms with Gasteiger partial charge in [0.05, 0.1) is 0 Å². The second kappa shape index (κ2) is 10.2. The van der Waals surface area contributed by atoms with E-state index in [1.165, 1.54) is 0 Å². The number of hydrazine groups is 1. The van der Waals surface area contributed by atoms with Crippen molar-refractivity contribution in [3.8, 4) is 11.8 Å². The van der Waals surface area contributed by atoms with Crippen molar-refractivity contribution in [1.82, 2.24) is 10.4 Å². The fourth-order valence-electron chi connectivity index (χ4n) is 1.76. The Morgan fingerprint density at radius 3 is 2.08 bits per heavy atom. The molecule has 0 rings (SSSR count). The van der Waals surface area contributed by atoms with Crippen LogP contribution < -0.4 is 5.43 Å². The minimum absolute atomic E-state index is 0.538. The maximum absolute atomic E-state index is 12.4. The second-order valence-electron chi connectivity index (χ2n) is 7.92. The number of hydrogen-bond donors (Lipinski definition) is 1. The average molecular weight is 354 g/mol. The summed E-state index contributed by atoms with van der Waals surface area (Å²) >= 11 is 0. The zero-order chi connectivity index (χ0) is 19.7. The van der Waals surface area contributed by atoms with Crippen LogP contribution in [0.1, 0.15) is 81.1 Å². The van der Waals surface area contributed by atoms with Crippen LogP contribution in [0, 0.1) is 11.8 Å². The minimum atomic E-state index is -0.724.